The van der Waals surface area contributed by atoms with Gasteiger partial charge < -0.3 is 28.8 Å². The van der Waals surface area contributed by atoms with Gasteiger partial charge in [-0.1, -0.05) is 6.92 Å². The maximum absolute atomic E-state index is 12.2. The first-order chi connectivity index (χ1) is 13.7. The Morgan fingerprint density at radius 2 is 1.79 bits per heavy atom. The molecule has 0 bridgehead atoms. The molecular formula is C21H38O8. The van der Waals surface area contributed by atoms with E-state index in [2.05, 4.69) is 0 Å². The van der Waals surface area contributed by atoms with Crippen molar-refractivity contribution in [3.05, 3.63) is 0 Å². The van der Waals surface area contributed by atoms with Gasteiger partial charge in [0, 0.05) is 0 Å². The van der Waals surface area contributed by atoms with E-state index in [1.807, 2.05) is 34.6 Å². The van der Waals surface area contributed by atoms with Crippen LogP contribution in [0.4, 0.5) is 0 Å². The first-order valence-corrected chi connectivity index (χ1v) is 10.5. The summed E-state index contributed by atoms with van der Waals surface area (Å²) >= 11 is 0. The minimum absolute atomic E-state index is 0.0210. The zero-order valence-electron chi connectivity index (χ0n) is 18.5. The largest absolute Gasteiger partial charge is 0.481 e. The number of carboxylic acids is 1. The molecule has 1 fully saturated rings. The van der Waals surface area contributed by atoms with Gasteiger partial charge in [0.15, 0.2) is 0 Å². The summed E-state index contributed by atoms with van der Waals surface area (Å²) in [6, 6.07) is 0. The number of esters is 1. The summed E-state index contributed by atoms with van der Waals surface area (Å²) < 4.78 is 27.9. The number of carbonyl (C=O) groups excluding carboxylic acids is 1. The second-order valence-corrected chi connectivity index (χ2v) is 8.43. The fourth-order valence-electron chi connectivity index (χ4n) is 2.85. The third-order valence-corrected chi connectivity index (χ3v) is 5.24. The van der Waals surface area contributed by atoms with Crippen molar-refractivity contribution in [3.8, 4) is 0 Å². The number of rotatable bonds is 14. The van der Waals surface area contributed by atoms with Crippen LogP contribution in [0.1, 0.15) is 66.7 Å². The molecule has 1 saturated carbocycles. The highest BCUT2D eigenvalue weighted by Gasteiger charge is 2.34. The quantitative estimate of drug-likeness (QED) is 0.260. The van der Waals surface area contributed by atoms with Crippen molar-refractivity contribution in [1.29, 1.82) is 0 Å². The van der Waals surface area contributed by atoms with Crippen LogP contribution in [-0.4, -0.2) is 62.2 Å². The molecule has 8 nitrogen and oxygen atoms in total. The van der Waals surface area contributed by atoms with E-state index in [4.69, 9.17) is 28.8 Å². The van der Waals surface area contributed by atoms with Gasteiger partial charge in [-0.25, -0.2) is 0 Å². The number of carboxylic acid groups (broad SMARTS) is 1. The minimum Gasteiger partial charge on any atom is -0.481 e. The van der Waals surface area contributed by atoms with Crippen molar-refractivity contribution in [3.63, 3.8) is 0 Å². The maximum Gasteiger partial charge on any atom is 0.311 e. The number of hydrogen-bond acceptors (Lipinski definition) is 7. The van der Waals surface area contributed by atoms with Crippen LogP contribution in [-0.2, 0) is 33.3 Å². The molecule has 0 amide bonds. The molecule has 8 heteroatoms. The van der Waals surface area contributed by atoms with E-state index in [0.29, 0.717) is 13.0 Å². The van der Waals surface area contributed by atoms with Gasteiger partial charge in [-0.05, 0) is 59.3 Å². The van der Waals surface area contributed by atoms with Crippen molar-refractivity contribution >= 4 is 11.9 Å². The Hall–Kier alpha value is -1.22. The standard InChI is InChI=1S/C21H38O8/c1-6-21(4,5)20(24)26-12-16-7-8-17(28-13-25-10-9-19(22)23)18(11-16)29-14-27-15(2)3/h15-18H,6-14H2,1-5H3,(H,22,23). The Kier molecular flexibility index (Phi) is 11.7. The van der Waals surface area contributed by atoms with Gasteiger partial charge in [-0.2, -0.15) is 0 Å². The SMILES string of the molecule is CCC(C)(C)C(=O)OCC1CCC(OCOCCC(=O)O)C(OCOC(C)C)C1. The molecule has 0 aromatic rings. The first-order valence-electron chi connectivity index (χ1n) is 10.5. The van der Waals surface area contributed by atoms with Crippen LogP contribution in [0.15, 0.2) is 0 Å². The number of aliphatic carboxylic acids is 1. The summed E-state index contributed by atoms with van der Waals surface area (Å²) in [5.41, 5.74) is -0.478. The predicted octanol–water partition coefficient (Wildman–Crippen LogP) is 3.37. The summed E-state index contributed by atoms with van der Waals surface area (Å²) in [6.07, 6.45) is 2.65. The Morgan fingerprint density at radius 3 is 2.41 bits per heavy atom. The summed E-state index contributed by atoms with van der Waals surface area (Å²) in [5.74, 6) is -0.882. The van der Waals surface area contributed by atoms with Crippen LogP contribution in [0.5, 0.6) is 0 Å². The van der Waals surface area contributed by atoms with Gasteiger partial charge in [0.1, 0.15) is 13.6 Å². The molecule has 29 heavy (non-hydrogen) atoms. The molecule has 1 N–H and O–H groups in total. The van der Waals surface area contributed by atoms with Crippen LogP contribution < -0.4 is 0 Å². The van der Waals surface area contributed by atoms with Gasteiger partial charge in [0.25, 0.3) is 0 Å². The Balaban J connectivity index is 2.50. The summed E-state index contributed by atoms with van der Waals surface area (Å²) in [5, 5.41) is 8.64. The molecule has 0 aliphatic heterocycles. The Morgan fingerprint density at radius 1 is 1.10 bits per heavy atom. The van der Waals surface area contributed by atoms with Crippen molar-refractivity contribution in [2.75, 3.05) is 26.8 Å². The molecule has 0 spiro atoms. The molecule has 3 unspecified atom stereocenters. The fraction of sp³-hybridized carbons (Fsp3) is 0.905. The van der Waals surface area contributed by atoms with E-state index >= 15 is 0 Å². The van der Waals surface area contributed by atoms with Crippen LogP contribution in [0.2, 0.25) is 0 Å². The monoisotopic (exact) mass is 418 g/mol. The van der Waals surface area contributed by atoms with Crippen molar-refractivity contribution in [2.45, 2.75) is 85.0 Å². The molecule has 1 aliphatic carbocycles. The van der Waals surface area contributed by atoms with Gasteiger partial charge in [-0.3, -0.25) is 9.59 Å². The second-order valence-electron chi connectivity index (χ2n) is 8.43. The topological polar surface area (TPSA) is 101 Å². The lowest BCUT2D eigenvalue weighted by atomic mass is 9.85. The third-order valence-electron chi connectivity index (χ3n) is 5.24. The number of ether oxygens (including phenoxy) is 5. The van der Waals surface area contributed by atoms with Crippen LogP contribution in [0, 0.1) is 11.3 Å². The normalized spacial score (nSPS) is 22.6. The van der Waals surface area contributed by atoms with Crippen molar-refractivity contribution in [1.82, 2.24) is 0 Å². The zero-order valence-corrected chi connectivity index (χ0v) is 18.5. The zero-order chi connectivity index (χ0) is 21.9. The fourth-order valence-corrected chi connectivity index (χ4v) is 2.85. The average molecular weight is 419 g/mol. The average Bonchev–Trinajstić information content (AvgIpc) is 2.66. The highest BCUT2D eigenvalue weighted by molar-refractivity contribution is 5.75. The maximum atomic E-state index is 12.2. The number of hydrogen-bond donors (Lipinski definition) is 1. The van der Waals surface area contributed by atoms with Crippen molar-refractivity contribution in [2.24, 2.45) is 11.3 Å². The molecular weight excluding hydrogens is 380 g/mol. The van der Waals surface area contributed by atoms with E-state index in [1.54, 1.807) is 0 Å². The van der Waals surface area contributed by atoms with Gasteiger partial charge in [0.05, 0.1) is 43.4 Å². The molecule has 0 aromatic heterocycles. The third kappa shape index (κ3) is 10.4. The van der Waals surface area contributed by atoms with Crippen LogP contribution in [0.25, 0.3) is 0 Å². The van der Waals surface area contributed by atoms with E-state index in [-0.39, 0.29) is 56.8 Å². The van der Waals surface area contributed by atoms with E-state index in [1.165, 1.54) is 0 Å². The lowest BCUT2D eigenvalue weighted by Crippen LogP contribution is -2.40. The molecule has 3 atom stereocenters. The summed E-state index contributed by atoms with van der Waals surface area (Å²) in [4.78, 5) is 22.8. The van der Waals surface area contributed by atoms with Gasteiger partial charge >= 0.3 is 11.9 Å². The summed E-state index contributed by atoms with van der Waals surface area (Å²) in [6.45, 7) is 10.3. The highest BCUT2D eigenvalue weighted by atomic mass is 16.7. The first kappa shape index (κ1) is 25.8. The Bertz CT molecular complexity index is 491. The van der Waals surface area contributed by atoms with Gasteiger partial charge in [-0.15, -0.1) is 0 Å². The highest BCUT2D eigenvalue weighted by Crippen LogP contribution is 2.30. The summed E-state index contributed by atoms with van der Waals surface area (Å²) in [7, 11) is 0. The lowest BCUT2D eigenvalue weighted by molar-refractivity contribution is -0.192. The van der Waals surface area contributed by atoms with Gasteiger partial charge in [0.2, 0.25) is 0 Å². The minimum atomic E-state index is -0.904. The molecule has 0 radical (unpaired) electrons. The smallest absolute Gasteiger partial charge is 0.311 e. The van der Waals surface area contributed by atoms with E-state index in [0.717, 1.165) is 19.3 Å². The van der Waals surface area contributed by atoms with Crippen LogP contribution in [0.3, 0.4) is 0 Å². The second kappa shape index (κ2) is 13.2. The predicted molar refractivity (Wildman–Crippen MR) is 106 cm³/mol. The molecule has 170 valence electrons. The van der Waals surface area contributed by atoms with E-state index in [9.17, 15) is 9.59 Å². The lowest BCUT2D eigenvalue weighted by Gasteiger charge is -2.36. The molecule has 0 aromatic carbocycles. The molecule has 0 heterocycles. The van der Waals surface area contributed by atoms with E-state index < -0.39 is 11.4 Å². The molecule has 1 aliphatic rings. The Labute approximate surface area is 174 Å². The van der Waals surface area contributed by atoms with Crippen molar-refractivity contribution < 1.29 is 38.4 Å². The molecule has 0 saturated heterocycles. The van der Waals surface area contributed by atoms with Crippen LogP contribution >= 0.6 is 0 Å². The molecule has 1 rings (SSSR count). The number of carbonyl (C=O) groups is 2.